The molecule has 4 N–H and O–H groups in total. The summed E-state index contributed by atoms with van der Waals surface area (Å²) in [4.78, 5) is 34.2. The fourth-order valence-corrected chi connectivity index (χ4v) is 3.21. The smallest absolute Gasteiger partial charge is 0.326 e. The van der Waals surface area contributed by atoms with Gasteiger partial charge in [0.05, 0.1) is 11.4 Å². The fourth-order valence-electron chi connectivity index (χ4n) is 1.79. The number of nitrogens with one attached hydrogen (secondary N) is 1. The molecule has 0 radical (unpaired) electrons. The predicted molar refractivity (Wildman–Crippen MR) is 79.5 cm³/mol. The first-order valence-corrected chi connectivity index (χ1v) is 7.08. The summed E-state index contributed by atoms with van der Waals surface area (Å²) in [5.74, 6) is -2.79. The fraction of sp³-hybridized carbons (Fsp3) is 0.154. The lowest BCUT2D eigenvalue weighted by atomic mass is 10.2. The van der Waals surface area contributed by atoms with E-state index in [0.29, 0.717) is 0 Å². The number of amides is 2. The van der Waals surface area contributed by atoms with Gasteiger partial charge in [0.25, 0.3) is 5.91 Å². The van der Waals surface area contributed by atoms with Crippen LogP contribution in [0.2, 0.25) is 5.02 Å². The number of carbonyl (C=O) groups excluding carboxylic acids is 2. The number of hydrogen-bond donors (Lipinski definition) is 3. The Morgan fingerprint density at radius 1 is 1.33 bits per heavy atom. The highest BCUT2D eigenvalue weighted by molar-refractivity contribution is 7.21. The Hall–Kier alpha value is -2.12. The maximum Gasteiger partial charge on any atom is 0.326 e. The van der Waals surface area contributed by atoms with Crippen molar-refractivity contribution < 1.29 is 19.5 Å². The van der Waals surface area contributed by atoms with Crippen LogP contribution in [0.5, 0.6) is 0 Å². The monoisotopic (exact) mass is 326 g/mol. The third-order valence-corrected chi connectivity index (χ3v) is 4.42. The lowest BCUT2D eigenvalue weighted by Gasteiger charge is -2.12. The third kappa shape index (κ3) is 3.32. The zero-order valence-corrected chi connectivity index (χ0v) is 12.2. The van der Waals surface area contributed by atoms with E-state index in [4.69, 9.17) is 22.4 Å². The molecule has 1 aromatic carbocycles. The number of carboxylic acid groups (broad SMARTS) is 1. The summed E-state index contributed by atoms with van der Waals surface area (Å²) in [6.07, 6.45) is -0.483. The first-order valence-electron chi connectivity index (χ1n) is 5.89. The van der Waals surface area contributed by atoms with E-state index in [0.717, 1.165) is 21.4 Å². The van der Waals surface area contributed by atoms with E-state index in [9.17, 15) is 14.4 Å². The summed E-state index contributed by atoms with van der Waals surface area (Å²) in [7, 11) is 0. The van der Waals surface area contributed by atoms with E-state index in [-0.39, 0.29) is 9.90 Å². The summed E-state index contributed by atoms with van der Waals surface area (Å²) in [5, 5.41) is 12.2. The number of primary amides is 1. The molecule has 2 amide bonds. The molecule has 21 heavy (non-hydrogen) atoms. The Morgan fingerprint density at radius 3 is 2.57 bits per heavy atom. The van der Waals surface area contributed by atoms with Crippen LogP contribution >= 0.6 is 22.9 Å². The molecule has 0 unspecified atom stereocenters. The van der Waals surface area contributed by atoms with Gasteiger partial charge in [-0.15, -0.1) is 11.3 Å². The van der Waals surface area contributed by atoms with Crippen LogP contribution in [0.25, 0.3) is 10.1 Å². The normalized spacial score (nSPS) is 12.0. The van der Waals surface area contributed by atoms with Crippen LogP contribution in [0.1, 0.15) is 16.1 Å². The average molecular weight is 327 g/mol. The maximum atomic E-state index is 12.1. The number of carbonyl (C=O) groups is 3. The molecule has 0 aliphatic carbocycles. The molecule has 110 valence electrons. The van der Waals surface area contributed by atoms with E-state index < -0.39 is 30.2 Å². The molecule has 0 saturated carbocycles. The Bertz CT molecular complexity index is 728. The SMILES string of the molecule is NC(=O)C[C@@H](NC(=O)c1sc2ccccc2c1Cl)C(=O)O. The second kappa shape index (κ2) is 6.11. The Balaban J connectivity index is 2.27. The van der Waals surface area contributed by atoms with Gasteiger partial charge in [-0.2, -0.15) is 0 Å². The van der Waals surface area contributed by atoms with E-state index in [1.807, 2.05) is 6.07 Å². The van der Waals surface area contributed by atoms with Crippen molar-refractivity contribution in [2.24, 2.45) is 5.73 Å². The van der Waals surface area contributed by atoms with Gasteiger partial charge in [0.2, 0.25) is 5.91 Å². The van der Waals surface area contributed by atoms with Crippen molar-refractivity contribution in [3.05, 3.63) is 34.2 Å². The minimum atomic E-state index is -1.38. The number of fused-ring (bicyclic) bond motifs is 1. The third-order valence-electron chi connectivity index (χ3n) is 2.75. The predicted octanol–water partition coefficient (Wildman–Crippen LogP) is 1.61. The molecule has 8 heteroatoms. The number of thiophene rings is 1. The first-order chi connectivity index (χ1) is 9.90. The van der Waals surface area contributed by atoms with Crippen LogP contribution in [0.15, 0.2) is 24.3 Å². The molecule has 1 atom stereocenters. The Morgan fingerprint density at radius 2 is 2.00 bits per heavy atom. The lowest BCUT2D eigenvalue weighted by molar-refractivity contribution is -0.140. The quantitative estimate of drug-likeness (QED) is 0.775. The zero-order valence-electron chi connectivity index (χ0n) is 10.6. The van der Waals surface area contributed by atoms with Crippen LogP contribution in [-0.2, 0) is 9.59 Å². The minimum absolute atomic E-state index is 0.202. The Kier molecular flexibility index (Phi) is 4.44. The minimum Gasteiger partial charge on any atom is -0.480 e. The molecule has 0 fully saturated rings. The molecule has 1 heterocycles. The van der Waals surface area contributed by atoms with E-state index in [2.05, 4.69) is 5.32 Å². The van der Waals surface area contributed by atoms with Crippen LogP contribution in [0.4, 0.5) is 0 Å². The molecule has 0 spiro atoms. The van der Waals surface area contributed by atoms with E-state index in [1.165, 1.54) is 0 Å². The zero-order chi connectivity index (χ0) is 15.6. The van der Waals surface area contributed by atoms with Crippen molar-refractivity contribution in [3.63, 3.8) is 0 Å². The highest BCUT2D eigenvalue weighted by Crippen LogP contribution is 2.35. The summed E-state index contributed by atoms with van der Waals surface area (Å²) < 4.78 is 0.814. The molecule has 2 aromatic rings. The van der Waals surface area contributed by atoms with Crippen molar-refractivity contribution >= 4 is 50.8 Å². The average Bonchev–Trinajstić information content (AvgIpc) is 2.75. The van der Waals surface area contributed by atoms with Gasteiger partial charge in [0.15, 0.2) is 0 Å². The second-order valence-electron chi connectivity index (χ2n) is 4.28. The van der Waals surface area contributed by atoms with Crippen LogP contribution in [0.3, 0.4) is 0 Å². The van der Waals surface area contributed by atoms with Gasteiger partial charge in [-0.25, -0.2) is 4.79 Å². The number of nitrogens with two attached hydrogens (primary N) is 1. The molecule has 6 nitrogen and oxygen atoms in total. The van der Waals surface area contributed by atoms with Crippen molar-refractivity contribution in [2.45, 2.75) is 12.5 Å². The number of hydrogen-bond acceptors (Lipinski definition) is 4. The molecular weight excluding hydrogens is 316 g/mol. The molecule has 0 aliphatic rings. The molecule has 0 aliphatic heterocycles. The number of aliphatic carboxylic acids is 1. The highest BCUT2D eigenvalue weighted by Gasteiger charge is 2.25. The van der Waals surface area contributed by atoms with Crippen LogP contribution in [-0.4, -0.2) is 28.9 Å². The van der Waals surface area contributed by atoms with Gasteiger partial charge < -0.3 is 16.2 Å². The van der Waals surface area contributed by atoms with Crippen molar-refractivity contribution in [1.29, 1.82) is 0 Å². The Labute approximate surface area is 128 Å². The number of carboxylic acids is 1. The van der Waals surface area contributed by atoms with Crippen LogP contribution in [0, 0.1) is 0 Å². The summed E-state index contributed by atoms with van der Waals surface area (Å²) in [6.45, 7) is 0. The van der Waals surface area contributed by atoms with Gasteiger partial charge in [-0.1, -0.05) is 29.8 Å². The van der Waals surface area contributed by atoms with Gasteiger partial charge in [-0.3, -0.25) is 9.59 Å². The van der Waals surface area contributed by atoms with E-state index >= 15 is 0 Å². The van der Waals surface area contributed by atoms with Crippen LogP contribution < -0.4 is 11.1 Å². The topological polar surface area (TPSA) is 109 Å². The molecule has 1 aromatic heterocycles. The highest BCUT2D eigenvalue weighted by atomic mass is 35.5. The summed E-state index contributed by atoms with van der Waals surface area (Å²) in [5.41, 5.74) is 4.96. The summed E-state index contributed by atoms with van der Waals surface area (Å²) in [6, 6.07) is 5.79. The standard InChI is InChI=1S/C13H11ClN2O4S/c14-10-6-3-1-2-4-8(6)21-11(10)12(18)16-7(13(19)20)5-9(15)17/h1-4,7H,5H2,(H2,15,17)(H,16,18)(H,19,20)/t7-/m1/s1. The number of benzene rings is 1. The second-order valence-corrected chi connectivity index (χ2v) is 5.71. The van der Waals surface area contributed by atoms with Gasteiger partial charge in [0, 0.05) is 10.1 Å². The summed E-state index contributed by atoms with van der Waals surface area (Å²) >= 11 is 7.28. The molecule has 2 rings (SSSR count). The molecular formula is C13H11ClN2O4S. The van der Waals surface area contributed by atoms with E-state index in [1.54, 1.807) is 18.2 Å². The number of rotatable bonds is 5. The largest absolute Gasteiger partial charge is 0.480 e. The first kappa shape index (κ1) is 15.3. The maximum absolute atomic E-state index is 12.1. The van der Waals surface area contributed by atoms with Gasteiger partial charge in [0.1, 0.15) is 10.9 Å². The molecule has 0 bridgehead atoms. The van der Waals surface area contributed by atoms with Crippen molar-refractivity contribution in [3.8, 4) is 0 Å². The molecule has 0 saturated heterocycles. The van der Waals surface area contributed by atoms with Gasteiger partial charge >= 0.3 is 5.97 Å². The van der Waals surface area contributed by atoms with Gasteiger partial charge in [-0.05, 0) is 6.07 Å². The lowest BCUT2D eigenvalue weighted by Crippen LogP contribution is -2.43. The van der Waals surface area contributed by atoms with Crippen molar-refractivity contribution in [1.82, 2.24) is 5.32 Å². The van der Waals surface area contributed by atoms with Crippen molar-refractivity contribution in [2.75, 3.05) is 0 Å². The number of halogens is 1.